The van der Waals surface area contributed by atoms with Crippen LogP contribution in [0.3, 0.4) is 0 Å². The Kier molecular flexibility index (Phi) is 6.88. The van der Waals surface area contributed by atoms with E-state index in [1.54, 1.807) is 60.0 Å². The quantitative estimate of drug-likeness (QED) is 0.215. The molecule has 0 spiro atoms. The molecule has 0 unspecified atom stereocenters. The number of allylic oxidation sites excluding steroid dienone is 1. The Morgan fingerprint density at radius 2 is 1.81 bits per heavy atom. The molecule has 5 aromatic rings. The lowest BCUT2D eigenvalue weighted by atomic mass is 10.1. The maximum atomic E-state index is 12.5. The number of hydrogen-bond donors (Lipinski definition) is 1. The van der Waals surface area contributed by atoms with Gasteiger partial charge in [0.25, 0.3) is 5.91 Å². The first-order chi connectivity index (χ1) is 18.1. The molecule has 0 radical (unpaired) electrons. The average molecular weight is 506 g/mol. The van der Waals surface area contributed by atoms with Crippen LogP contribution in [0.25, 0.3) is 33.9 Å². The summed E-state index contributed by atoms with van der Waals surface area (Å²) in [6.07, 6.45) is 1.65. The first kappa shape index (κ1) is 23.7. The molecule has 0 aliphatic carbocycles. The number of nitrogens with zero attached hydrogens (tertiary/aromatic N) is 2. The molecule has 5 rings (SSSR count). The van der Waals surface area contributed by atoms with E-state index in [2.05, 4.69) is 16.4 Å². The van der Waals surface area contributed by atoms with Crippen molar-refractivity contribution in [2.24, 2.45) is 0 Å². The normalized spacial score (nSPS) is 11.2. The van der Waals surface area contributed by atoms with Crippen molar-refractivity contribution < 1.29 is 13.9 Å². The maximum absolute atomic E-state index is 12.5. The monoisotopic (exact) mass is 505 g/mol. The third kappa shape index (κ3) is 5.48. The minimum absolute atomic E-state index is 0.194. The molecule has 0 atom stereocenters. The van der Waals surface area contributed by atoms with E-state index in [-0.39, 0.29) is 12.5 Å². The van der Waals surface area contributed by atoms with Crippen molar-refractivity contribution in [3.05, 3.63) is 111 Å². The molecule has 0 fully saturated rings. The number of fused-ring (bicyclic) bond motifs is 1. The van der Waals surface area contributed by atoms with Gasteiger partial charge in [-0.25, -0.2) is 9.78 Å². The van der Waals surface area contributed by atoms with Gasteiger partial charge in [-0.1, -0.05) is 54.6 Å². The van der Waals surface area contributed by atoms with Crippen LogP contribution in [0.4, 0.5) is 5.69 Å². The Morgan fingerprint density at radius 1 is 1.05 bits per heavy atom. The van der Waals surface area contributed by atoms with Crippen LogP contribution >= 0.6 is 11.3 Å². The number of anilines is 1. The van der Waals surface area contributed by atoms with Crippen LogP contribution in [-0.2, 0) is 4.79 Å². The summed E-state index contributed by atoms with van der Waals surface area (Å²) in [5.74, 6) is 0.148. The Bertz CT molecular complexity index is 1710. The minimum atomic E-state index is -0.495. The lowest BCUT2D eigenvalue weighted by Crippen LogP contribution is -2.20. The van der Waals surface area contributed by atoms with Gasteiger partial charge in [-0.3, -0.25) is 4.79 Å². The third-order valence-corrected chi connectivity index (χ3v) is 6.28. The highest BCUT2D eigenvalue weighted by atomic mass is 32.1. The van der Waals surface area contributed by atoms with Crippen LogP contribution < -0.4 is 15.7 Å². The van der Waals surface area contributed by atoms with Gasteiger partial charge in [0.05, 0.1) is 16.8 Å². The molecular formula is C29H19N3O4S. The van der Waals surface area contributed by atoms with Gasteiger partial charge in [-0.2, -0.15) is 5.26 Å². The van der Waals surface area contributed by atoms with E-state index in [4.69, 9.17) is 9.15 Å². The molecule has 0 saturated carbocycles. The van der Waals surface area contributed by atoms with Crippen LogP contribution in [-0.4, -0.2) is 17.5 Å². The van der Waals surface area contributed by atoms with Crippen molar-refractivity contribution in [2.75, 3.05) is 11.9 Å². The summed E-state index contributed by atoms with van der Waals surface area (Å²) in [7, 11) is 0. The fourth-order valence-electron chi connectivity index (χ4n) is 3.65. The van der Waals surface area contributed by atoms with Crippen LogP contribution in [0.15, 0.2) is 99.5 Å². The van der Waals surface area contributed by atoms with Gasteiger partial charge in [0.15, 0.2) is 6.61 Å². The average Bonchev–Trinajstić information content (AvgIpc) is 3.41. The Hall–Kier alpha value is -5.00. The lowest BCUT2D eigenvalue weighted by molar-refractivity contribution is -0.118. The third-order valence-electron chi connectivity index (χ3n) is 5.41. The van der Waals surface area contributed by atoms with E-state index in [0.29, 0.717) is 44.4 Å². The van der Waals surface area contributed by atoms with Crippen LogP contribution in [0.5, 0.6) is 5.75 Å². The largest absolute Gasteiger partial charge is 0.483 e. The van der Waals surface area contributed by atoms with E-state index in [9.17, 15) is 14.9 Å². The fourth-order valence-corrected chi connectivity index (χ4v) is 4.44. The molecular weight excluding hydrogens is 486 g/mol. The molecule has 0 bridgehead atoms. The van der Waals surface area contributed by atoms with E-state index in [1.165, 1.54) is 11.3 Å². The first-order valence-electron chi connectivity index (χ1n) is 11.3. The number of ether oxygens (including phenoxy) is 1. The number of carbonyl (C=O) groups is 1. The van der Waals surface area contributed by atoms with Gasteiger partial charge in [0, 0.05) is 22.0 Å². The van der Waals surface area contributed by atoms with Crippen molar-refractivity contribution in [3.8, 4) is 23.1 Å². The summed E-state index contributed by atoms with van der Waals surface area (Å²) in [4.78, 5) is 29.4. The van der Waals surface area contributed by atoms with Crippen molar-refractivity contribution >= 4 is 45.5 Å². The second-order valence-electron chi connectivity index (χ2n) is 7.93. The number of benzene rings is 3. The molecule has 1 N–H and O–H groups in total. The number of nitrogens with one attached hydrogen (secondary N) is 1. The number of amides is 1. The van der Waals surface area contributed by atoms with Gasteiger partial charge >= 0.3 is 5.63 Å². The predicted molar refractivity (Wildman–Crippen MR) is 144 cm³/mol. The van der Waals surface area contributed by atoms with Crippen molar-refractivity contribution in [2.45, 2.75) is 0 Å². The fraction of sp³-hybridized carbons (Fsp3) is 0.0345. The van der Waals surface area contributed by atoms with Crippen molar-refractivity contribution in [1.29, 1.82) is 5.26 Å². The Morgan fingerprint density at radius 3 is 2.65 bits per heavy atom. The SMILES string of the molecule is N#C/C(=C\c1ccccc1OCC(=O)Nc1ccccc1)c1nc(-c2cc3ccccc3oc2=O)cs1. The highest BCUT2D eigenvalue weighted by Gasteiger charge is 2.15. The number of aromatic nitrogens is 1. The summed E-state index contributed by atoms with van der Waals surface area (Å²) < 4.78 is 11.2. The first-order valence-corrected chi connectivity index (χ1v) is 12.2. The summed E-state index contributed by atoms with van der Waals surface area (Å²) in [5.41, 5.74) is 2.36. The molecule has 2 heterocycles. The zero-order valence-corrected chi connectivity index (χ0v) is 20.2. The minimum Gasteiger partial charge on any atom is -0.483 e. The molecule has 37 heavy (non-hydrogen) atoms. The molecule has 3 aromatic carbocycles. The number of carbonyl (C=O) groups excluding carboxylic acids is 1. The van der Waals surface area contributed by atoms with E-state index in [0.717, 1.165) is 5.39 Å². The number of para-hydroxylation sites is 3. The van der Waals surface area contributed by atoms with Crippen molar-refractivity contribution in [1.82, 2.24) is 4.98 Å². The van der Waals surface area contributed by atoms with Gasteiger partial charge in [-0.15, -0.1) is 11.3 Å². The topological polar surface area (TPSA) is 105 Å². The lowest BCUT2D eigenvalue weighted by Gasteiger charge is -2.10. The van der Waals surface area contributed by atoms with Gasteiger partial charge in [0.2, 0.25) is 0 Å². The Labute approximate surface area is 215 Å². The van der Waals surface area contributed by atoms with Gasteiger partial charge < -0.3 is 14.5 Å². The second kappa shape index (κ2) is 10.7. The predicted octanol–water partition coefficient (Wildman–Crippen LogP) is 6.00. The number of thiazole rings is 1. The summed E-state index contributed by atoms with van der Waals surface area (Å²) >= 11 is 1.25. The Balaban J connectivity index is 1.37. The maximum Gasteiger partial charge on any atom is 0.345 e. The molecule has 0 saturated heterocycles. The van der Waals surface area contributed by atoms with E-state index >= 15 is 0 Å². The number of nitriles is 1. The zero-order valence-electron chi connectivity index (χ0n) is 19.4. The molecule has 180 valence electrons. The van der Waals surface area contributed by atoms with Gasteiger partial charge in [0.1, 0.15) is 22.4 Å². The molecule has 2 aromatic heterocycles. The van der Waals surface area contributed by atoms with E-state index < -0.39 is 5.63 Å². The summed E-state index contributed by atoms with van der Waals surface area (Å²) in [6.45, 7) is -0.194. The highest BCUT2D eigenvalue weighted by molar-refractivity contribution is 7.11. The zero-order chi connectivity index (χ0) is 25.6. The summed E-state index contributed by atoms with van der Waals surface area (Å²) in [6, 6.07) is 27.4. The standard InChI is InChI=1S/C29H19N3O4S/c30-16-21(28-32-24(18-37-28)23-15-20-9-5-7-13-26(20)36-29(23)34)14-19-8-4-6-12-25(19)35-17-27(33)31-22-10-2-1-3-11-22/h1-15,18H,17H2,(H,31,33)/b21-14+. The molecule has 0 aliphatic rings. The van der Waals surface area contributed by atoms with Crippen LogP contribution in [0, 0.1) is 11.3 Å². The van der Waals surface area contributed by atoms with Gasteiger partial charge in [-0.05, 0) is 36.4 Å². The molecule has 0 aliphatic heterocycles. The number of hydrogen-bond acceptors (Lipinski definition) is 7. The highest BCUT2D eigenvalue weighted by Crippen LogP contribution is 2.29. The van der Waals surface area contributed by atoms with Crippen LogP contribution in [0.2, 0.25) is 0 Å². The summed E-state index contributed by atoms with van der Waals surface area (Å²) in [5, 5.41) is 15.6. The molecule has 8 heteroatoms. The molecule has 1 amide bonds. The smallest absolute Gasteiger partial charge is 0.345 e. The van der Waals surface area contributed by atoms with Crippen LogP contribution in [0.1, 0.15) is 10.6 Å². The van der Waals surface area contributed by atoms with Crippen molar-refractivity contribution in [3.63, 3.8) is 0 Å². The van der Waals surface area contributed by atoms with E-state index in [1.807, 2.05) is 36.4 Å². The number of rotatable bonds is 7. The molecule has 7 nitrogen and oxygen atoms in total. The second-order valence-corrected chi connectivity index (χ2v) is 8.79.